The van der Waals surface area contributed by atoms with Crippen LogP contribution in [-0.4, -0.2) is 70.2 Å². The van der Waals surface area contributed by atoms with Gasteiger partial charge in [0.1, 0.15) is 0 Å². The van der Waals surface area contributed by atoms with Crippen molar-refractivity contribution in [3.63, 3.8) is 0 Å². The van der Waals surface area contributed by atoms with Crippen LogP contribution >= 0.6 is 0 Å². The Morgan fingerprint density at radius 1 is 1.21 bits per heavy atom. The minimum atomic E-state index is 0.166. The third-order valence-corrected chi connectivity index (χ3v) is 5.09. The number of rotatable bonds is 11. The number of carbonyl (C=O) groups excluding carboxylic acids is 1. The maximum Gasteiger partial charge on any atom is 0.226 e. The minimum Gasteiger partial charge on any atom is -0.379 e. The van der Waals surface area contributed by atoms with Gasteiger partial charge in [-0.25, -0.2) is 0 Å². The number of carbonyl (C=O) groups is 1. The molecule has 0 atom stereocenters. The lowest BCUT2D eigenvalue weighted by Gasteiger charge is -2.28. The fourth-order valence-corrected chi connectivity index (χ4v) is 3.39. The molecule has 3 rings (SSSR count). The van der Waals surface area contributed by atoms with E-state index in [1.54, 1.807) is 12.4 Å². The van der Waals surface area contributed by atoms with E-state index in [0.717, 1.165) is 57.8 Å². The molecule has 3 heterocycles. The van der Waals surface area contributed by atoms with Gasteiger partial charge in [0.15, 0.2) is 5.82 Å². The average Bonchev–Trinajstić information content (AvgIpc) is 3.22. The van der Waals surface area contributed by atoms with E-state index in [4.69, 9.17) is 9.26 Å². The number of hydrogen-bond donors (Lipinski definition) is 0. The quantitative estimate of drug-likeness (QED) is 0.570. The van der Waals surface area contributed by atoms with Crippen LogP contribution in [0.2, 0.25) is 0 Å². The van der Waals surface area contributed by atoms with E-state index in [-0.39, 0.29) is 5.91 Å². The lowest BCUT2D eigenvalue weighted by molar-refractivity contribution is -0.132. The fraction of sp³-hybridized carbons (Fsp3) is 0.619. The Morgan fingerprint density at radius 2 is 2.00 bits per heavy atom. The summed E-state index contributed by atoms with van der Waals surface area (Å²) in [6.45, 7) is 7.90. The van der Waals surface area contributed by atoms with E-state index in [1.807, 2.05) is 24.0 Å². The maximum absolute atomic E-state index is 12.9. The smallest absolute Gasteiger partial charge is 0.226 e. The zero-order chi connectivity index (χ0) is 20.3. The summed E-state index contributed by atoms with van der Waals surface area (Å²) in [6.07, 6.45) is 7.08. The second-order valence-electron chi connectivity index (χ2n) is 7.29. The first-order chi connectivity index (χ1) is 14.2. The monoisotopic (exact) mass is 401 g/mol. The number of hydrogen-bond acceptors (Lipinski definition) is 7. The van der Waals surface area contributed by atoms with Gasteiger partial charge in [-0.15, -0.1) is 0 Å². The Labute approximate surface area is 172 Å². The molecule has 0 saturated carbocycles. The van der Waals surface area contributed by atoms with Crippen molar-refractivity contribution in [2.75, 3.05) is 39.4 Å². The summed E-state index contributed by atoms with van der Waals surface area (Å²) in [5.74, 6) is 1.50. The summed E-state index contributed by atoms with van der Waals surface area (Å²) in [7, 11) is 0. The van der Waals surface area contributed by atoms with Crippen molar-refractivity contribution >= 4 is 5.91 Å². The molecule has 0 unspecified atom stereocenters. The molecule has 1 aliphatic heterocycles. The van der Waals surface area contributed by atoms with Crippen molar-refractivity contribution in [1.29, 1.82) is 0 Å². The van der Waals surface area contributed by atoms with Gasteiger partial charge in [0.2, 0.25) is 11.8 Å². The van der Waals surface area contributed by atoms with Gasteiger partial charge in [-0.05, 0) is 30.5 Å². The second kappa shape index (κ2) is 11.6. The van der Waals surface area contributed by atoms with Crippen LogP contribution in [0.1, 0.15) is 43.5 Å². The van der Waals surface area contributed by atoms with E-state index in [9.17, 15) is 4.79 Å². The third kappa shape index (κ3) is 7.21. The Morgan fingerprint density at radius 3 is 2.72 bits per heavy atom. The minimum absolute atomic E-state index is 0.166. The molecule has 8 nitrogen and oxygen atoms in total. The molecule has 0 N–H and O–H groups in total. The van der Waals surface area contributed by atoms with E-state index < -0.39 is 0 Å². The molecular weight excluding hydrogens is 370 g/mol. The summed E-state index contributed by atoms with van der Waals surface area (Å²) in [4.78, 5) is 25.6. The number of aryl methyl sites for hydroxylation is 2. The standard InChI is InChI=1S/C21H31N5O3/c1-2-19-23-20(29-24-19)5-3-6-21(27)26(17-18-7-9-22-10-8-18)12-4-11-25-13-15-28-16-14-25/h7-10H,2-6,11-17H2,1H3. The Bertz CT molecular complexity index is 731. The van der Waals surface area contributed by atoms with Crippen LogP contribution < -0.4 is 0 Å². The molecule has 2 aromatic heterocycles. The molecule has 1 amide bonds. The maximum atomic E-state index is 12.9. The van der Waals surface area contributed by atoms with E-state index in [0.29, 0.717) is 37.5 Å². The number of ether oxygens (including phenoxy) is 1. The number of nitrogens with zero attached hydrogens (tertiary/aromatic N) is 5. The summed E-state index contributed by atoms with van der Waals surface area (Å²) in [6, 6.07) is 3.93. The first kappa shape index (κ1) is 21.4. The summed E-state index contributed by atoms with van der Waals surface area (Å²) in [5, 5.41) is 3.91. The van der Waals surface area contributed by atoms with Crippen LogP contribution in [0, 0.1) is 0 Å². The van der Waals surface area contributed by atoms with Crippen molar-refractivity contribution in [1.82, 2.24) is 24.9 Å². The van der Waals surface area contributed by atoms with Gasteiger partial charge in [-0.1, -0.05) is 12.1 Å². The largest absolute Gasteiger partial charge is 0.379 e. The molecule has 29 heavy (non-hydrogen) atoms. The van der Waals surface area contributed by atoms with Crippen LogP contribution in [0.5, 0.6) is 0 Å². The van der Waals surface area contributed by atoms with Crippen LogP contribution in [0.4, 0.5) is 0 Å². The van der Waals surface area contributed by atoms with Gasteiger partial charge in [-0.3, -0.25) is 14.7 Å². The van der Waals surface area contributed by atoms with Crippen LogP contribution in [0.25, 0.3) is 0 Å². The van der Waals surface area contributed by atoms with Crippen molar-refractivity contribution in [3.8, 4) is 0 Å². The summed E-state index contributed by atoms with van der Waals surface area (Å²) < 4.78 is 10.6. The molecular formula is C21H31N5O3. The van der Waals surface area contributed by atoms with Crippen molar-refractivity contribution < 1.29 is 14.1 Å². The highest BCUT2D eigenvalue weighted by Crippen LogP contribution is 2.10. The highest BCUT2D eigenvalue weighted by Gasteiger charge is 2.16. The lowest BCUT2D eigenvalue weighted by Crippen LogP contribution is -2.39. The van der Waals surface area contributed by atoms with Gasteiger partial charge >= 0.3 is 0 Å². The van der Waals surface area contributed by atoms with Crippen molar-refractivity contribution in [3.05, 3.63) is 41.8 Å². The fourth-order valence-electron chi connectivity index (χ4n) is 3.39. The van der Waals surface area contributed by atoms with Crippen LogP contribution in [-0.2, 0) is 28.9 Å². The SMILES string of the molecule is CCc1noc(CCCC(=O)N(CCCN2CCOCC2)Cc2ccncc2)n1. The molecule has 0 aromatic carbocycles. The first-order valence-electron chi connectivity index (χ1n) is 10.5. The van der Waals surface area contributed by atoms with Gasteiger partial charge < -0.3 is 14.2 Å². The van der Waals surface area contributed by atoms with Gasteiger partial charge in [0.25, 0.3) is 0 Å². The Kier molecular flexibility index (Phi) is 8.58. The highest BCUT2D eigenvalue weighted by atomic mass is 16.5. The Hall–Kier alpha value is -2.32. The molecule has 0 radical (unpaired) electrons. The normalized spacial score (nSPS) is 14.8. The second-order valence-corrected chi connectivity index (χ2v) is 7.29. The summed E-state index contributed by atoms with van der Waals surface area (Å²) >= 11 is 0. The molecule has 8 heteroatoms. The molecule has 158 valence electrons. The van der Waals surface area contributed by atoms with Gasteiger partial charge in [0.05, 0.1) is 13.2 Å². The van der Waals surface area contributed by atoms with E-state index >= 15 is 0 Å². The first-order valence-corrected chi connectivity index (χ1v) is 10.5. The molecule has 1 saturated heterocycles. The average molecular weight is 402 g/mol. The summed E-state index contributed by atoms with van der Waals surface area (Å²) in [5.41, 5.74) is 1.10. The number of morpholine rings is 1. The zero-order valence-electron chi connectivity index (χ0n) is 17.3. The molecule has 0 aliphatic carbocycles. The molecule has 0 bridgehead atoms. The predicted molar refractivity (Wildman–Crippen MR) is 108 cm³/mol. The number of aromatic nitrogens is 3. The van der Waals surface area contributed by atoms with Crippen LogP contribution in [0.3, 0.4) is 0 Å². The number of amides is 1. The predicted octanol–water partition coefficient (Wildman–Crippen LogP) is 2.10. The van der Waals surface area contributed by atoms with Crippen LogP contribution in [0.15, 0.2) is 29.0 Å². The highest BCUT2D eigenvalue weighted by molar-refractivity contribution is 5.76. The zero-order valence-corrected chi connectivity index (χ0v) is 17.3. The topological polar surface area (TPSA) is 84.6 Å². The molecule has 0 spiro atoms. The van der Waals surface area contributed by atoms with Gasteiger partial charge in [-0.2, -0.15) is 4.98 Å². The van der Waals surface area contributed by atoms with Crippen molar-refractivity contribution in [2.45, 2.75) is 45.6 Å². The lowest BCUT2D eigenvalue weighted by atomic mass is 10.2. The third-order valence-electron chi connectivity index (χ3n) is 5.09. The van der Waals surface area contributed by atoms with E-state index in [2.05, 4.69) is 20.0 Å². The Balaban J connectivity index is 1.48. The number of pyridine rings is 1. The molecule has 2 aromatic rings. The van der Waals surface area contributed by atoms with E-state index in [1.165, 1.54) is 0 Å². The molecule has 1 aliphatic rings. The van der Waals surface area contributed by atoms with Crippen molar-refractivity contribution in [2.24, 2.45) is 0 Å². The van der Waals surface area contributed by atoms with Gasteiger partial charge in [0, 0.05) is 64.4 Å². The molecule has 1 fully saturated rings.